The molecule has 0 heterocycles. The fraction of sp³-hybridized carbons (Fsp3) is 0.182. The molecule has 1 aromatic carbocycles. The first-order valence-electron chi connectivity index (χ1n) is 4.24. The predicted octanol–water partition coefficient (Wildman–Crippen LogP) is 1.80. The van der Waals surface area contributed by atoms with Gasteiger partial charge in [-0.3, -0.25) is 0 Å². The molecule has 0 bridgehead atoms. The summed E-state index contributed by atoms with van der Waals surface area (Å²) >= 11 is 0. The lowest BCUT2D eigenvalue weighted by molar-refractivity contribution is -0.130. The van der Waals surface area contributed by atoms with E-state index in [1.54, 1.807) is 18.2 Å². The molecule has 0 saturated carbocycles. The third-order valence-corrected chi connectivity index (χ3v) is 1.96. The topological polar surface area (TPSA) is 55.8 Å². The summed E-state index contributed by atoms with van der Waals surface area (Å²) in [5.74, 6) is 0.00352. The molecule has 1 aromatic rings. The second-order valence-electron chi connectivity index (χ2n) is 2.89. The molecule has 15 heavy (non-hydrogen) atoms. The van der Waals surface area contributed by atoms with Crippen molar-refractivity contribution in [2.75, 3.05) is 14.2 Å². The van der Waals surface area contributed by atoms with Gasteiger partial charge in [-0.05, 0) is 17.7 Å². The smallest absolute Gasteiger partial charge is 0.335 e. The molecule has 1 rings (SSSR count). The van der Waals surface area contributed by atoms with Gasteiger partial charge in [-0.25, -0.2) is 4.79 Å². The SMILES string of the molecule is C=C(C(=O)O)c1cc(OC)cc(OC)c1. The van der Waals surface area contributed by atoms with Crippen LogP contribution in [0.25, 0.3) is 5.57 Å². The zero-order valence-corrected chi connectivity index (χ0v) is 8.61. The first-order valence-corrected chi connectivity index (χ1v) is 4.24. The minimum atomic E-state index is -1.06. The average Bonchev–Trinajstić information content (AvgIpc) is 2.27. The van der Waals surface area contributed by atoms with E-state index in [2.05, 4.69) is 6.58 Å². The van der Waals surface area contributed by atoms with Crippen molar-refractivity contribution >= 4 is 11.5 Å². The number of rotatable bonds is 4. The van der Waals surface area contributed by atoms with Crippen LogP contribution in [0.4, 0.5) is 0 Å². The van der Waals surface area contributed by atoms with Gasteiger partial charge >= 0.3 is 5.97 Å². The van der Waals surface area contributed by atoms with E-state index >= 15 is 0 Å². The summed E-state index contributed by atoms with van der Waals surface area (Å²) in [6, 6.07) is 4.86. The predicted molar refractivity (Wildman–Crippen MR) is 56.2 cm³/mol. The molecule has 4 nitrogen and oxygen atoms in total. The van der Waals surface area contributed by atoms with Gasteiger partial charge in [0.25, 0.3) is 0 Å². The van der Waals surface area contributed by atoms with E-state index in [9.17, 15) is 4.79 Å². The van der Waals surface area contributed by atoms with Gasteiger partial charge in [0.15, 0.2) is 0 Å². The molecule has 0 fully saturated rings. The molecule has 0 atom stereocenters. The van der Waals surface area contributed by atoms with Crippen LogP contribution in [0.3, 0.4) is 0 Å². The lowest BCUT2D eigenvalue weighted by Gasteiger charge is -2.07. The Morgan fingerprint density at radius 3 is 2.00 bits per heavy atom. The quantitative estimate of drug-likeness (QED) is 0.766. The van der Waals surface area contributed by atoms with Crippen LogP contribution in [-0.4, -0.2) is 25.3 Å². The largest absolute Gasteiger partial charge is 0.497 e. The van der Waals surface area contributed by atoms with E-state index in [0.29, 0.717) is 17.1 Å². The molecule has 0 radical (unpaired) electrons. The van der Waals surface area contributed by atoms with E-state index in [-0.39, 0.29) is 5.57 Å². The Morgan fingerprint density at radius 2 is 1.67 bits per heavy atom. The zero-order valence-electron chi connectivity index (χ0n) is 8.61. The zero-order chi connectivity index (χ0) is 11.4. The highest BCUT2D eigenvalue weighted by molar-refractivity contribution is 6.14. The van der Waals surface area contributed by atoms with Gasteiger partial charge in [0, 0.05) is 6.07 Å². The molecule has 4 heteroatoms. The Labute approximate surface area is 87.7 Å². The first kappa shape index (κ1) is 11.1. The summed E-state index contributed by atoms with van der Waals surface area (Å²) in [6.07, 6.45) is 0. The fourth-order valence-electron chi connectivity index (χ4n) is 1.11. The van der Waals surface area contributed by atoms with Gasteiger partial charge in [0.2, 0.25) is 0 Å². The number of carbonyl (C=O) groups is 1. The number of methoxy groups -OCH3 is 2. The third kappa shape index (κ3) is 2.49. The standard InChI is InChI=1S/C11H12O4/c1-7(11(12)13)8-4-9(14-2)6-10(5-8)15-3/h4-6H,1H2,2-3H3,(H,12,13). The van der Waals surface area contributed by atoms with Crippen LogP contribution in [0.15, 0.2) is 24.8 Å². The normalized spacial score (nSPS) is 9.47. The van der Waals surface area contributed by atoms with Crippen molar-refractivity contribution in [3.8, 4) is 11.5 Å². The number of ether oxygens (including phenoxy) is 2. The number of hydrogen-bond acceptors (Lipinski definition) is 3. The van der Waals surface area contributed by atoms with E-state index in [4.69, 9.17) is 14.6 Å². The van der Waals surface area contributed by atoms with E-state index in [0.717, 1.165) is 0 Å². The molecule has 0 unspecified atom stereocenters. The average molecular weight is 208 g/mol. The second kappa shape index (κ2) is 4.50. The first-order chi connectivity index (χ1) is 7.08. The number of carboxylic acid groups (broad SMARTS) is 1. The summed E-state index contributed by atoms with van der Waals surface area (Å²) < 4.78 is 10.0. The van der Waals surface area contributed by atoms with Gasteiger partial charge in [0.05, 0.1) is 19.8 Å². The molecule has 0 amide bonds. The van der Waals surface area contributed by atoms with Crippen LogP contribution in [0, 0.1) is 0 Å². The van der Waals surface area contributed by atoms with Crippen LogP contribution in [0.1, 0.15) is 5.56 Å². The monoisotopic (exact) mass is 208 g/mol. The lowest BCUT2D eigenvalue weighted by atomic mass is 10.1. The van der Waals surface area contributed by atoms with Crippen molar-refractivity contribution in [2.24, 2.45) is 0 Å². The van der Waals surface area contributed by atoms with E-state index in [1.807, 2.05) is 0 Å². The Morgan fingerprint density at radius 1 is 1.20 bits per heavy atom. The highest BCUT2D eigenvalue weighted by atomic mass is 16.5. The molecule has 0 aliphatic carbocycles. The van der Waals surface area contributed by atoms with Crippen molar-refractivity contribution in [1.82, 2.24) is 0 Å². The fourth-order valence-corrected chi connectivity index (χ4v) is 1.11. The van der Waals surface area contributed by atoms with Gasteiger partial charge < -0.3 is 14.6 Å². The van der Waals surface area contributed by atoms with Gasteiger partial charge in [0.1, 0.15) is 11.5 Å². The van der Waals surface area contributed by atoms with Gasteiger partial charge in [-0.2, -0.15) is 0 Å². The number of carboxylic acids is 1. The molecule has 0 aromatic heterocycles. The number of aliphatic carboxylic acids is 1. The van der Waals surface area contributed by atoms with E-state index < -0.39 is 5.97 Å². The molecule has 0 aliphatic rings. The molecule has 0 aliphatic heterocycles. The molecular formula is C11H12O4. The van der Waals surface area contributed by atoms with Crippen molar-refractivity contribution in [3.05, 3.63) is 30.3 Å². The lowest BCUT2D eigenvalue weighted by Crippen LogP contribution is -1.99. The van der Waals surface area contributed by atoms with Crippen molar-refractivity contribution in [1.29, 1.82) is 0 Å². The molecule has 0 saturated heterocycles. The Hall–Kier alpha value is -1.97. The van der Waals surface area contributed by atoms with Crippen molar-refractivity contribution < 1.29 is 19.4 Å². The van der Waals surface area contributed by atoms with Crippen LogP contribution in [0.5, 0.6) is 11.5 Å². The van der Waals surface area contributed by atoms with Crippen LogP contribution in [-0.2, 0) is 4.79 Å². The van der Waals surface area contributed by atoms with Gasteiger partial charge in [-0.15, -0.1) is 0 Å². The maximum absolute atomic E-state index is 10.7. The summed E-state index contributed by atoms with van der Waals surface area (Å²) in [6.45, 7) is 3.46. The highest BCUT2D eigenvalue weighted by Gasteiger charge is 2.10. The molecular weight excluding hydrogens is 196 g/mol. The summed E-state index contributed by atoms with van der Waals surface area (Å²) in [7, 11) is 3.00. The number of benzene rings is 1. The molecule has 0 spiro atoms. The van der Waals surface area contributed by atoms with Crippen LogP contribution < -0.4 is 9.47 Å². The summed E-state index contributed by atoms with van der Waals surface area (Å²) in [5.41, 5.74) is 0.478. The maximum Gasteiger partial charge on any atom is 0.335 e. The minimum absolute atomic E-state index is 0.00667. The molecule has 80 valence electrons. The Balaban J connectivity index is 3.17. The third-order valence-electron chi connectivity index (χ3n) is 1.96. The van der Waals surface area contributed by atoms with Gasteiger partial charge in [-0.1, -0.05) is 6.58 Å². The van der Waals surface area contributed by atoms with Crippen molar-refractivity contribution in [3.63, 3.8) is 0 Å². The highest BCUT2D eigenvalue weighted by Crippen LogP contribution is 2.26. The van der Waals surface area contributed by atoms with Crippen molar-refractivity contribution in [2.45, 2.75) is 0 Å². The Kier molecular flexibility index (Phi) is 3.33. The van der Waals surface area contributed by atoms with Crippen LogP contribution >= 0.6 is 0 Å². The maximum atomic E-state index is 10.7. The molecule has 1 N–H and O–H groups in total. The van der Waals surface area contributed by atoms with Crippen LogP contribution in [0.2, 0.25) is 0 Å². The second-order valence-corrected chi connectivity index (χ2v) is 2.89. The minimum Gasteiger partial charge on any atom is -0.497 e. The Bertz CT molecular complexity index is 373. The number of hydrogen-bond donors (Lipinski definition) is 1. The summed E-state index contributed by atoms with van der Waals surface area (Å²) in [5, 5.41) is 8.78. The van der Waals surface area contributed by atoms with E-state index in [1.165, 1.54) is 14.2 Å². The summed E-state index contributed by atoms with van der Waals surface area (Å²) in [4.78, 5) is 10.7.